The fourth-order valence-corrected chi connectivity index (χ4v) is 4.59. The second-order valence-corrected chi connectivity index (χ2v) is 10.6. The van der Waals surface area contributed by atoms with E-state index in [-0.39, 0.29) is 35.5 Å². The number of piperidine rings is 1. The predicted octanol–water partition coefficient (Wildman–Crippen LogP) is 2.60. The number of nitriles is 1. The van der Waals surface area contributed by atoms with Crippen molar-refractivity contribution in [2.24, 2.45) is 11.8 Å². The number of carbonyl (C=O) groups excluding carboxylic acids is 1. The van der Waals surface area contributed by atoms with Crippen molar-refractivity contribution in [3.8, 4) is 17.8 Å². The van der Waals surface area contributed by atoms with Gasteiger partial charge < -0.3 is 19.7 Å². The summed E-state index contributed by atoms with van der Waals surface area (Å²) in [4.78, 5) is 32.6. The van der Waals surface area contributed by atoms with Gasteiger partial charge in [-0.1, -0.05) is 0 Å². The highest BCUT2D eigenvalue weighted by atomic mass is 16.5. The maximum absolute atomic E-state index is 12.9. The van der Waals surface area contributed by atoms with E-state index >= 15 is 0 Å². The minimum absolute atomic E-state index is 0.0101. The summed E-state index contributed by atoms with van der Waals surface area (Å²) in [6.45, 7) is 7.37. The third-order valence-corrected chi connectivity index (χ3v) is 6.65. The topological polar surface area (TPSA) is 155 Å². The van der Waals surface area contributed by atoms with Gasteiger partial charge in [0.1, 0.15) is 5.75 Å². The highest BCUT2D eigenvalue weighted by Crippen LogP contribution is 2.38. The van der Waals surface area contributed by atoms with Crippen molar-refractivity contribution in [1.29, 1.82) is 5.26 Å². The van der Waals surface area contributed by atoms with Crippen LogP contribution >= 0.6 is 0 Å². The minimum Gasteiger partial charge on any atom is -0.496 e. The van der Waals surface area contributed by atoms with Gasteiger partial charge >= 0.3 is 6.01 Å². The fraction of sp³-hybridized carbons (Fsp3) is 0.560. The predicted molar refractivity (Wildman–Crippen MR) is 134 cm³/mol. The third kappa shape index (κ3) is 5.40. The van der Waals surface area contributed by atoms with Crippen LogP contribution in [0.5, 0.6) is 11.8 Å². The Hall–Kier alpha value is -4.01. The summed E-state index contributed by atoms with van der Waals surface area (Å²) >= 11 is 0. The molecule has 2 N–H and O–H groups in total. The summed E-state index contributed by atoms with van der Waals surface area (Å²) in [7, 11) is 1.64. The molecular formula is C25H31N9O3. The molecule has 3 aromatic heterocycles. The molecule has 1 aliphatic carbocycles. The van der Waals surface area contributed by atoms with E-state index in [2.05, 4.69) is 41.5 Å². The number of carbonyl (C=O) groups is 1. The van der Waals surface area contributed by atoms with Gasteiger partial charge in [-0.05, 0) is 46.1 Å². The van der Waals surface area contributed by atoms with Crippen LogP contribution in [-0.2, 0) is 0 Å². The number of methoxy groups -OCH3 is 1. The first-order valence-electron chi connectivity index (χ1n) is 12.5. The Labute approximate surface area is 214 Å². The lowest BCUT2D eigenvalue weighted by atomic mass is 9.92. The maximum Gasteiger partial charge on any atom is 0.321 e. The van der Waals surface area contributed by atoms with E-state index in [0.717, 1.165) is 36.1 Å². The van der Waals surface area contributed by atoms with Crippen LogP contribution in [0.3, 0.4) is 0 Å². The molecule has 12 heteroatoms. The molecule has 2 fully saturated rings. The molecule has 12 nitrogen and oxygen atoms in total. The lowest BCUT2D eigenvalue weighted by Crippen LogP contribution is -2.42. The Morgan fingerprint density at radius 2 is 2.05 bits per heavy atom. The molecule has 5 rings (SSSR count). The second kappa shape index (κ2) is 9.80. The van der Waals surface area contributed by atoms with E-state index in [9.17, 15) is 4.79 Å². The standard InChI is InChI=1S/C25H31N9O3/c1-25(2,3)31-22(35)21-28-23(30-24(29-21)37-13-16-11-15(16)12-26)34-9-6-14(7-10-34)19-18-17(36-4)5-8-27-20(18)33-32-19/h5,8,14-16H,6-7,9-11,13H2,1-4H3,(H,31,35)(H,27,32,33)/t15-,16+/m0/s1. The van der Waals surface area contributed by atoms with Gasteiger partial charge in [-0.25, -0.2) is 4.98 Å². The number of pyridine rings is 1. The molecule has 0 radical (unpaired) electrons. The van der Waals surface area contributed by atoms with Gasteiger partial charge in [0.05, 0.1) is 36.8 Å². The SMILES string of the molecule is COc1ccnc2[nH]nc(C3CCN(c4nc(OC[C@H]5C[C@H]5C#N)nc(C(=O)NC(C)(C)C)n4)CC3)c12. The lowest BCUT2D eigenvalue weighted by molar-refractivity contribution is 0.0906. The number of H-pyrrole nitrogens is 1. The highest BCUT2D eigenvalue weighted by molar-refractivity contribution is 5.91. The number of amides is 1. The molecule has 1 saturated heterocycles. The molecule has 194 valence electrons. The van der Waals surface area contributed by atoms with Gasteiger partial charge in [-0.2, -0.15) is 25.3 Å². The van der Waals surface area contributed by atoms with Crippen molar-refractivity contribution in [2.75, 3.05) is 31.7 Å². The zero-order chi connectivity index (χ0) is 26.2. The molecule has 1 amide bonds. The first-order chi connectivity index (χ1) is 17.8. The van der Waals surface area contributed by atoms with Crippen molar-refractivity contribution >= 4 is 22.9 Å². The Bertz CT molecular complexity index is 1340. The van der Waals surface area contributed by atoms with Crippen molar-refractivity contribution in [2.45, 2.75) is 51.5 Å². The summed E-state index contributed by atoms with van der Waals surface area (Å²) < 4.78 is 11.4. The van der Waals surface area contributed by atoms with E-state index < -0.39 is 5.54 Å². The van der Waals surface area contributed by atoms with Crippen molar-refractivity contribution in [3.05, 3.63) is 23.8 Å². The Kier molecular flexibility index (Phi) is 6.54. The summed E-state index contributed by atoms with van der Waals surface area (Å²) in [5.74, 6) is 1.17. The number of fused-ring (bicyclic) bond motifs is 1. The van der Waals surface area contributed by atoms with Gasteiger partial charge in [-0.3, -0.25) is 9.89 Å². The summed E-state index contributed by atoms with van der Waals surface area (Å²) in [6, 6.07) is 4.19. The zero-order valence-electron chi connectivity index (χ0n) is 21.5. The molecule has 0 bridgehead atoms. The Morgan fingerprint density at radius 1 is 1.27 bits per heavy atom. The molecule has 2 aliphatic rings. The van der Waals surface area contributed by atoms with Crippen LogP contribution in [0.2, 0.25) is 0 Å². The molecule has 2 atom stereocenters. The monoisotopic (exact) mass is 505 g/mol. The molecule has 0 unspecified atom stereocenters. The number of aromatic nitrogens is 6. The molecule has 1 aliphatic heterocycles. The fourth-order valence-electron chi connectivity index (χ4n) is 4.59. The van der Waals surface area contributed by atoms with Crippen molar-refractivity contribution < 1.29 is 14.3 Å². The van der Waals surface area contributed by atoms with E-state index in [1.807, 2.05) is 31.7 Å². The van der Waals surface area contributed by atoms with Crippen molar-refractivity contribution in [3.63, 3.8) is 0 Å². The van der Waals surface area contributed by atoms with Crippen LogP contribution in [-0.4, -0.2) is 68.4 Å². The maximum atomic E-state index is 12.9. The smallest absolute Gasteiger partial charge is 0.321 e. The largest absolute Gasteiger partial charge is 0.496 e. The average molecular weight is 506 g/mol. The summed E-state index contributed by atoms with van der Waals surface area (Å²) in [6.07, 6.45) is 4.13. The van der Waals surface area contributed by atoms with E-state index in [1.54, 1.807) is 13.3 Å². The number of hydrogen-bond donors (Lipinski definition) is 2. The zero-order valence-corrected chi connectivity index (χ0v) is 21.5. The summed E-state index contributed by atoms with van der Waals surface area (Å²) in [5.41, 5.74) is 1.21. The van der Waals surface area contributed by atoms with Gasteiger partial charge in [0.25, 0.3) is 5.91 Å². The third-order valence-electron chi connectivity index (χ3n) is 6.65. The Balaban J connectivity index is 1.34. The van der Waals surface area contributed by atoms with Crippen LogP contribution in [0, 0.1) is 23.2 Å². The first kappa shape index (κ1) is 24.7. The van der Waals surface area contributed by atoms with Crippen LogP contribution in [0.4, 0.5) is 5.95 Å². The second-order valence-electron chi connectivity index (χ2n) is 10.6. The number of anilines is 1. The van der Waals surface area contributed by atoms with E-state index in [1.165, 1.54) is 0 Å². The molecular weight excluding hydrogens is 474 g/mol. The van der Waals surface area contributed by atoms with Gasteiger partial charge in [0.15, 0.2) is 5.65 Å². The molecule has 0 aromatic carbocycles. The minimum atomic E-state index is -0.445. The van der Waals surface area contributed by atoms with Crippen molar-refractivity contribution in [1.82, 2.24) is 35.5 Å². The van der Waals surface area contributed by atoms with Gasteiger partial charge in [0.2, 0.25) is 11.8 Å². The number of rotatable bonds is 7. The molecule has 37 heavy (non-hydrogen) atoms. The number of ether oxygens (including phenoxy) is 2. The van der Waals surface area contributed by atoms with Gasteiger partial charge in [0, 0.05) is 36.7 Å². The first-order valence-corrected chi connectivity index (χ1v) is 12.5. The lowest BCUT2D eigenvalue weighted by Gasteiger charge is -2.31. The number of nitrogens with zero attached hydrogens (tertiary/aromatic N) is 7. The summed E-state index contributed by atoms with van der Waals surface area (Å²) in [5, 5.41) is 20.4. The molecule has 1 saturated carbocycles. The molecule has 4 heterocycles. The van der Waals surface area contributed by atoms with Gasteiger partial charge in [-0.15, -0.1) is 0 Å². The molecule has 0 spiro atoms. The quantitative estimate of drug-likeness (QED) is 0.489. The van der Waals surface area contributed by atoms with Crippen LogP contribution in [0.15, 0.2) is 12.3 Å². The normalized spacial score (nSPS) is 19.9. The van der Waals surface area contributed by atoms with Crippen LogP contribution in [0.1, 0.15) is 62.3 Å². The van der Waals surface area contributed by atoms with E-state index in [4.69, 9.17) is 14.7 Å². The number of hydrogen-bond acceptors (Lipinski definition) is 10. The number of nitrogens with one attached hydrogen (secondary N) is 2. The van der Waals surface area contributed by atoms with Crippen LogP contribution < -0.4 is 19.7 Å². The molecule has 3 aromatic rings. The van der Waals surface area contributed by atoms with E-state index in [0.29, 0.717) is 31.3 Å². The Morgan fingerprint density at radius 3 is 2.73 bits per heavy atom. The average Bonchev–Trinajstić information content (AvgIpc) is 3.52. The highest BCUT2D eigenvalue weighted by Gasteiger charge is 2.38. The van der Waals surface area contributed by atoms with Crippen LogP contribution in [0.25, 0.3) is 11.0 Å². The number of aromatic amines is 1.